The molecular formula is C13H13ClN2O5. The number of hydrogen-bond donors (Lipinski definition) is 2. The molecule has 2 fully saturated rings. The molecule has 0 spiro atoms. The lowest BCUT2D eigenvalue weighted by Gasteiger charge is -2.22. The minimum absolute atomic E-state index is 0.0131. The summed E-state index contributed by atoms with van der Waals surface area (Å²) < 4.78 is 5.70. The van der Waals surface area contributed by atoms with Gasteiger partial charge in [-0.2, -0.15) is 0 Å². The first kappa shape index (κ1) is 14.1. The quantitative estimate of drug-likeness (QED) is 0.654. The molecule has 7 nitrogen and oxygen atoms in total. The maximum absolute atomic E-state index is 11.3. The Morgan fingerprint density at radius 2 is 2.24 bits per heavy atom. The number of nitrogens with zero attached hydrogens (tertiary/aromatic N) is 1. The molecule has 112 valence electrons. The second-order valence-electron chi connectivity index (χ2n) is 5.27. The van der Waals surface area contributed by atoms with E-state index in [1.807, 2.05) is 0 Å². The third-order valence-electron chi connectivity index (χ3n) is 3.95. The Balaban J connectivity index is 1.93. The SMILES string of the molecule is O=C(O)c1cc([N+](=O)[O-])cc(Cl)c1NC1CC2CCC1O2. The van der Waals surface area contributed by atoms with E-state index >= 15 is 0 Å². The molecule has 0 aromatic heterocycles. The third-order valence-corrected chi connectivity index (χ3v) is 4.25. The average Bonchev–Trinajstić information content (AvgIpc) is 3.02. The van der Waals surface area contributed by atoms with Crippen molar-refractivity contribution in [2.24, 2.45) is 0 Å². The predicted molar refractivity (Wildman–Crippen MR) is 75.0 cm³/mol. The Kier molecular flexibility index (Phi) is 3.46. The third kappa shape index (κ3) is 2.54. The topological polar surface area (TPSA) is 102 Å². The highest BCUT2D eigenvalue weighted by Crippen LogP contribution is 2.39. The van der Waals surface area contributed by atoms with Gasteiger partial charge in [-0.3, -0.25) is 10.1 Å². The number of carboxylic acid groups (broad SMARTS) is 1. The van der Waals surface area contributed by atoms with Crippen molar-refractivity contribution in [3.05, 3.63) is 32.8 Å². The van der Waals surface area contributed by atoms with Crippen LogP contribution in [0, 0.1) is 10.1 Å². The van der Waals surface area contributed by atoms with Gasteiger partial charge in [0.15, 0.2) is 0 Å². The standard InChI is InChI=1S/C13H13ClN2O5/c14-9-4-6(16(19)20)3-8(13(17)18)12(9)15-10-5-7-1-2-11(10)21-7/h3-4,7,10-11,15H,1-2,5H2,(H,17,18). The van der Waals surface area contributed by atoms with Gasteiger partial charge in [0.25, 0.3) is 5.69 Å². The lowest BCUT2D eigenvalue weighted by molar-refractivity contribution is -0.384. The van der Waals surface area contributed by atoms with E-state index in [4.69, 9.17) is 16.3 Å². The molecular weight excluding hydrogens is 300 g/mol. The van der Waals surface area contributed by atoms with Gasteiger partial charge in [0.2, 0.25) is 0 Å². The molecule has 3 atom stereocenters. The van der Waals surface area contributed by atoms with Gasteiger partial charge < -0.3 is 15.2 Å². The molecule has 1 aromatic carbocycles. The number of benzene rings is 1. The predicted octanol–water partition coefficient (Wildman–Crippen LogP) is 2.68. The number of nitrogens with one attached hydrogen (secondary N) is 1. The fourth-order valence-corrected chi connectivity index (χ4v) is 3.26. The molecule has 0 aliphatic carbocycles. The van der Waals surface area contributed by atoms with Crippen molar-refractivity contribution in [2.45, 2.75) is 37.5 Å². The van der Waals surface area contributed by atoms with E-state index in [-0.39, 0.29) is 40.2 Å². The van der Waals surface area contributed by atoms with E-state index in [9.17, 15) is 20.0 Å². The van der Waals surface area contributed by atoms with Gasteiger partial charge in [-0.25, -0.2) is 4.79 Å². The first-order chi connectivity index (χ1) is 9.95. The summed E-state index contributed by atoms with van der Waals surface area (Å²) in [6.45, 7) is 0. The molecule has 2 aliphatic rings. The molecule has 2 aliphatic heterocycles. The second kappa shape index (κ2) is 5.16. The highest BCUT2D eigenvalue weighted by atomic mass is 35.5. The van der Waals surface area contributed by atoms with Gasteiger partial charge in [-0.15, -0.1) is 0 Å². The van der Waals surface area contributed by atoms with Crippen molar-refractivity contribution in [3.63, 3.8) is 0 Å². The highest BCUT2D eigenvalue weighted by Gasteiger charge is 2.41. The molecule has 0 amide bonds. The van der Waals surface area contributed by atoms with Crippen molar-refractivity contribution in [3.8, 4) is 0 Å². The molecule has 2 saturated heterocycles. The number of carbonyl (C=O) groups is 1. The van der Waals surface area contributed by atoms with Crippen LogP contribution >= 0.6 is 11.6 Å². The number of aromatic carboxylic acids is 1. The zero-order valence-electron chi connectivity index (χ0n) is 10.9. The van der Waals surface area contributed by atoms with E-state index in [1.165, 1.54) is 0 Å². The van der Waals surface area contributed by atoms with Gasteiger partial charge in [-0.05, 0) is 19.3 Å². The number of ether oxygens (including phenoxy) is 1. The largest absolute Gasteiger partial charge is 0.478 e. The molecule has 2 N–H and O–H groups in total. The fourth-order valence-electron chi connectivity index (χ4n) is 2.99. The van der Waals surface area contributed by atoms with E-state index in [1.54, 1.807) is 0 Å². The van der Waals surface area contributed by atoms with Crippen molar-refractivity contribution in [1.82, 2.24) is 0 Å². The summed E-state index contributed by atoms with van der Waals surface area (Å²) in [5.74, 6) is -1.26. The molecule has 2 heterocycles. The summed E-state index contributed by atoms with van der Waals surface area (Å²) in [4.78, 5) is 21.5. The van der Waals surface area contributed by atoms with Crippen LogP contribution in [0.2, 0.25) is 5.02 Å². The number of fused-ring (bicyclic) bond motifs is 2. The Morgan fingerprint density at radius 1 is 1.48 bits per heavy atom. The number of nitro benzene ring substituents is 1. The van der Waals surface area contributed by atoms with Gasteiger partial charge in [0, 0.05) is 12.1 Å². The number of nitro groups is 1. The number of rotatable bonds is 4. The molecule has 2 bridgehead atoms. The number of anilines is 1. The first-order valence-electron chi connectivity index (χ1n) is 6.59. The summed E-state index contributed by atoms with van der Waals surface area (Å²) in [6.07, 6.45) is 2.98. The highest BCUT2D eigenvalue weighted by molar-refractivity contribution is 6.34. The smallest absolute Gasteiger partial charge is 0.338 e. The monoisotopic (exact) mass is 312 g/mol. The van der Waals surface area contributed by atoms with Crippen LogP contribution in [-0.2, 0) is 4.74 Å². The van der Waals surface area contributed by atoms with Crippen molar-refractivity contribution < 1.29 is 19.6 Å². The Labute approximate surface area is 125 Å². The van der Waals surface area contributed by atoms with Gasteiger partial charge in [-0.1, -0.05) is 11.6 Å². The number of halogens is 1. The Hall–Kier alpha value is -1.86. The van der Waals surface area contributed by atoms with Gasteiger partial charge in [0.05, 0.1) is 39.4 Å². The van der Waals surface area contributed by atoms with Gasteiger partial charge in [0.1, 0.15) is 0 Å². The lowest BCUT2D eigenvalue weighted by Crippen LogP contribution is -2.31. The van der Waals surface area contributed by atoms with Crippen molar-refractivity contribution in [1.29, 1.82) is 0 Å². The van der Waals surface area contributed by atoms with Crippen molar-refractivity contribution in [2.75, 3.05) is 5.32 Å². The fraction of sp³-hybridized carbons (Fsp3) is 0.462. The normalized spacial score (nSPS) is 26.8. The maximum Gasteiger partial charge on any atom is 0.338 e. The minimum atomic E-state index is -1.26. The first-order valence-corrected chi connectivity index (χ1v) is 6.96. The molecule has 3 rings (SSSR count). The van der Waals surface area contributed by atoms with E-state index < -0.39 is 10.9 Å². The molecule has 0 radical (unpaired) electrons. The average molecular weight is 313 g/mol. The Bertz CT molecular complexity index is 621. The number of carboxylic acids is 1. The summed E-state index contributed by atoms with van der Waals surface area (Å²) in [5.41, 5.74) is -0.319. The minimum Gasteiger partial charge on any atom is -0.478 e. The van der Waals surface area contributed by atoms with E-state index in [0.717, 1.165) is 31.4 Å². The summed E-state index contributed by atoms with van der Waals surface area (Å²) in [6, 6.07) is 2.16. The zero-order chi connectivity index (χ0) is 15.1. The van der Waals surface area contributed by atoms with Crippen LogP contribution < -0.4 is 5.32 Å². The second-order valence-corrected chi connectivity index (χ2v) is 5.68. The number of non-ortho nitro benzene ring substituents is 1. The lowest BCUT2D eigenvalue weighted by atomic mass is 9.95. The van der Waals surface area contributed by atoms with E-state index in [0.29, 0.717) is 0 Å². The van der Waals surface area contributed by atoms with Crippen LogP contribution in [0.25, 0.3) is 0 Å². The molecule has 0 saturated carbocycles. The summed E-state index contributed by atoms with van der Waals surface area (Å²) >= 11 is 6.03. The van der Waals surface area contributed by atoms with Crippen LogP contribution in [0.3, 0.4) is 0 Å². The molecule has 8 heteroatoms. The van der Waals surface area contributed by atoms with Crippen LogP contribution in [0.4, 0.5) is 11.4 Å². The van der Waals surface area contributed by atoms with Crippen LogP contribution in [0.5, 0.6) is 0 Å². The van der Waals surface area contributed by atoms with E-state index in [2.05, 4.69) is 5.32 Å². The summed E-state index contributed by atoms with van der Waals surface area (Å²) in [7, 11) is 0. The maximum atomic E-state index is 11.3. The summed E-state index contributed by atoms with van der Waals surface area (Å²) in [5, 5.41) is 23.2. The van der Waals surface area contributed by atoms with Crippen LogP contribution in [0.15, 0.2) is 12.1 Å². The number of hydrogen-bond acceptors (Lipinski definition) is 5. The molecule has 1 aromatic rings. The van der Waals surface area contributed by atoms with Crippen molar-refractivity contribution >= 4 is 28.9 Å². The van der Waals surface area contributed by atoms with Crippen LogP contribution in [0.1, 0.15) is 29.6 Å². The molecule has 21 heavy (non-hydrogen) atoms. The molecule has 3 unspecified atom stereocenters. The Morgan fingerprint density at radius 3 is 2.76 bits per heavy atom. The van der Waals surface area contributed by atoms with Crippen LogP contribution in [-0.4, -0.2) is 34.2 Å². The van der Waals surface area contributed by atoms with Gasteiger partial charge >= 0.3 is 5.97 Å². The zero-order valence-corrected chi connectivity index (χ0v) is 11.7.